The lowest BCUT2D eigenvalue weighted by Gasteiger charge is -2.39. The Kier molecular flexibility index (Phi) is 2.52. The zero-order valence-corrected chi connectivity index (χ0v) is 9.18. The molecule has 1 saturated carbocycles. The quantitative estimate of drug-likeness (QED) is 0.718. The Morgan fingerprint density at radius 2 is 2.14 bits per heavy atom. The Balaban J connectivity index is 1.98. The molecule has 1 N–H and O–H groups in total. The summed E-state index contributed by atoms with van der Waals surface area (Å²) in [4.78, 5) is 14.1. The van der Waals surface area contributed by atoms with E-state index in [9.17, 15) is 4.79 Å². The van der Waals surface area contributed by atoms with Gasteiger partial charge in [0.1, 0.15) is 0 Å². The van der Waals surface area contributed by atoms with Gasteiger partial charge in [0.15, 0.2) is 0 Å². The zero-order chi connectivity index (χ0) is 10.2. The molecule has 1 amide bonds. The molecule has 2 rings (SSSR count). The number of likely N-dealkylation sites (N-methyl/N-ethyl adjacent to an activating group) is 1. The van der Waals surface area contributed by atoms with Crippen LogP contribution in [0, 0.1) is 0 Å². The fraction of sp³-hybridized carbons (Fsp3) is 0.909. The lowest BCUT2D eigenvalue weighted by molar-refractivity contribution is -0.139. The summed E-state index contributed by atoms with van der Waals surface area (Å²) in [5.41, 5.74) is -0.273. The summed E-state index contributed by atoms with van der Waals surface area (Å²) in [6.07, 6.45) is 5.78. The second-order valence-electron chi connectivity index (χ2n) is 4.86. The first-order valence-corrected chi connectivity index (χ1v) is 5.66. The third-order valence-electron chi connectivity index (χ3n) is 3.78. The first-order valence-electron chi connectivity index (χ1n) is 5.66. The van der Waals surface area contributed by atoms with Crippen LogP contribution in [0.3, 0.4) is 0 Å². The molecule has 1 atom stereocenters. The summed E-state index contributed by atoms with van der Waals surface area (Å²) in [6.45, 7) is 3.03. The minimum atomic E-state index is -0.273. The van der Waals surface area contributed by atoms with Crippen molar-refractivity contribution in [2.24, 2.45) is 0 Å². The van der Waals surface area contributed by atoms with Gasteiger partial charge in [-0.15, -0.1) is 0 Å². The van der Waals surface area contributed by atoms with Gasteiger partial charge in [0.2, 0.25) is 5.91 Å². The van der Waals surface area contributed by atoms with Gasteiger partial charge in [-0.3, -0.25) is 4.79 Å². The highest BCUT2D eigenvalue weighted by Crippen LogP contribution is 2.28. The van der Waals surface area contributed by atoms with Crippen molar-refractivity contribution in [3.63, 3.8) is 0 Å². The highest BCUT2D eigenvalue weighted by atomic mass is 16.2. The van der Waals surface area contributed by atoms with Gasteiger partial charge in [-0.1, -0.05) is 0 Å². The normalized spacial score (nSPS) is 32.7. The Hall–Kier alpha value is -0.570. The van der Waals surface area contributed by atoms with E-state index in [1.54, 1.807) is 0 Å². The standard InChI is InChI=1S/C11H20N2O/c1-11(7-4-8-12-11)10(14)13(2)9-5-3-6-9/h9,12H,3-8H2,1-2H3. The molecule has 3 heteroatoms. The monoisotopic (exact) mass is 196 g/mol. The number of carbonyl (C=O) groups is 1. The molecule has 2 fully saturated rings. The molecular weight excluding hydrogens is 176 g/mol. The van der Waals surface area contributed by atoms with Crippen LogP contribution < -0.4 is 5.32 Å². The predicted molar refractivity (Wildman–Crippen MR) is 56.1 cm³/mol. The smallest absolute Gasteiger partial charge is 0.242 e. The van der Waals surface area contributed by atoms with Crippen molar-refractivity contribution in [3.8, 4) is 0 Å². The van der Waals surface area contributed by atoms with Crippen LogP contribution in [0.2, 0.25) is 0 Å². The van der Waals surface area contributed by atoms with Gasteiger partial charge in [0.25, 0.3) is 0 Å². The van der Waals surface area contributed by atoms with Crippen molar-refractivity contribution < 1.29 is 4.79 Å². The molecule has 0 radical (unpaired) electrons. The van der Waals surface area contributed by atoms with Crippen molar-refractivity contribution in [1.29, 1.82) is 0 Å². The lowest BCUT2D eigenvalue weighted by atomic mass is 9.89. The number of hydrogen-bond acceptors (Lipinski definition) is 2. The Morgan fingerprint density at radius 3 is 2.57 bits per heavy atom. The molecular formula is C11H20N2O. The van der Waals surface area contributed by atoms with E-state index in [0.717, 1.165) is 19.4 Å². The van der Waals surface area contributed by atoms with Gasteiger partial charge >= 0.3 is 0 Å². The van der Waals surface area contributed by atoms with E-state index in [4.69, 9.17) is 0 Å². The van der Waals surface area contributed by atoms with Crippen molar-refractivity contribution >= 4 is 5.91 Å². The van der Waals surface area contributed by atoms with Crippen LogP contribution in [-0.4, -0.2) is 36.0 Å². The molecule has 0 bridgehead atoms. The molecule has 14 heavy (non-hydrogen) atoms. The van der Waals surface area contributed by atoms with E-state index >= 15 is 0 Å². The highest BCUT2D eigenvalue weighted by molar-refractivity contribution is 5.86. The number of hydrogen-bond donors (Lipinski definition) is 1. The second-order valence-corrected chi connectivity index (χ2v) is 4.86. The van der Waals surface area contributed by atoms with Gasteiger partial charge in [-0.2, -0.15) is 0 Å². The summed E-state index contributed by atoms with van der Waals surface area (Å²) >= 11 is 0. The zero-order valence-electron chi connectivity index (χ0n) is 9.18. The van der Waals surface area contributed by atoms with E-state index < -0.39 is 0 Å². The minimum Gasteiger partial charge on any atom is -0.341 e. The van der Waals surface area contributed by atoms with Gasteiger partial charge in [0, 0.05) is 13.1 Å². The maximum absolute atomic E-state index is 12.2. The van der Waals surface area contributed by atoms with Crippen molar-refractivity contribution in [1.82, 2.24) is 10.2 Å². The fourth-order valence-electron chi connectivity index (χ4n) is 2.41. The molecule has 2 aliphatic rings. The fourth-order valence-corrected chi connectivity index (χ4v) is 2.41. The number of nitrogens with zero attached hydrogens (tertiary/aromatic N) is 1. The second kappa shape index (κ2) is 3.54. The van der Waals surface area contributed by atoms with E-state index in [2.05, 4.69) is 5.32 Å². The Labute approximate surface area is 85.8 Å². The van der Waals surface area contributed by atoms with E-state index in [0.29, 0.717) is 11.9 Å². The largest absolute Gasteiger partial charge is 0.341 e. The maximum atomic E-state index is 12.2. The molecule has 1 unspecified atom stereocenters. The van der Waals surface area contributed by atoms with Crippen LogP contribution in [0.15, 0.2) is 0 Å². The average Bonchev–Trinajstić information content (AvgIpc) is 2.49. The summed E-state index contributed by atoms with van der Waals surface area (Å²) in [5, 5.41) is 3.33. The van der Waals surface area contributed by atoms with E-state index in [1.165, 1.54) is 19.3 Å². The van der Waals surface area contributed by atoms with Gasteiger partial charge in [0.05, 0.1) is 5.54 Å². The van der Waals surface area contributed by atoms with Crippen LogP contribution in [0.4, 0.5) is 0 Å². The molecule has 0 spiro atoms. The summed E-state index contributed by atoms with van der Waals surface area (Å²) in [7, 11) is 1.96. The SMILES string of the molecule is CN(C(=O)C1(C)CCCN1)C1CCC1. The third kappa shape index (κ3) is 1.54. The van der Waals surface area contributed by atoms with Crippen LogP contribution in [0.25, 0.3) is 0 Å². The van der Waals surface area contributed by atoms with Gasteiger partial charge in [-0.25, -0.2) is 0 Å². The molecule has 1 aliphatic carbocycles. The first kappa shape index (κ1) is 9.97. The number of rotatable bonds is 2. The minimum absolute atomic E-state index is 0.273. The Bertz CT molecular complexity index is 229. The van der Waals surface area contributed by atoms with Crippen LogP contribution in [-0.2, 0) is 4.79 Å². The molecule has 0 aromatic heterocycles. The highest BCUT2D eigenvalue weighted by Gasteiger charge is 2.40. The van der Waals surface area contributed by atoms with Gasteiger partial charge < -0.3 is 10.2 Å². The Morgan fingerprint density at radius 1 is 1.43 bits per heavy atom. The van der Waals surface area contributed by atoms with Crippen molar-refractivity contribution in [2.75, 3.05) is 13.6 Å². The number of nitrogens with one attached hydrogen (secondary N) is 1. The van der Waals surface area contributed by atoms with Crippen molar-refractivity contribution in [2.45, 2.75) is 50.6 Å². The number of amides is 1. The molecule has 0 aromatic carbocycles. The summed E-state index contributed by atoms with van der Waals surface area (Å²) in [5.74, 6) is 0.291. The van der Waals surface area contributed by atoms with Crippen LogP contribution in [0.5, 0.6) is 0 Å². The van der Waals surface area contributed by atoms with E-state index in [1.807, 2.05) is 18.9 Å². The lowest BCUT2D eigenvalue weighted by Crippen LogP contribution is -2.55. The molecule has 0 aromatic rings. The average molecular weight is 196 g/mol. The van der Waals surface area contributed by atoms with Crippen LogP contribution in [0.1, 0.15) is 39.0 Å². The molecule has 1 saturated heterocycles. The molecule has 1 aliphatic heterocycles. The topological polar surface area (TPSA) is 32.3 Å². The molecule has 3 nitrogen and oxygen atoms in total. The third-order valence-corrected chi connectivity index (χ3v) is 3.78. The number of carbonyl (C=O) groups excluding carboxylic acids is 1. The molecule has 1 heterocycles. The van der Waals surface area contributed by atoms with E-state index in [-0.39, 0.29) is 5.54 Å². The maximum Gasteiger partial charge on any atom is 0.242 e. The van der Waals surface area contributed by atoms with Gasteiger partial charge in [-0.05, 0) is 45.6 Å². The predicted octanol–water partition coefficient (Wildman–Crippen LogP) is 1.14. The molecule has 80 valence electrons. The summed E-state index contributed by atoms with van der Waals surface area (Å²) in [6, 6.07) is 0.515. The van der Waals surface area contributed by atoms with Crippen LogP contribution >= 0.6 is 0 Å². The first-order chi connectivity index (χ1) is 6.63. The summed E-state index contributed by atoms with van der Waals surface area (Å²) < 4.78 is 0. The van der Waals surface area contributed by atoms with Crippen molar-refractivity contribution in [3.05, 3.63) is 0 Å².